The van der Waals surface area contributed by atoms with E-state index in [2.05, 4.69) is 4.98 Å². The van der Waals surface area contributed by atoms with Crippen molar-refractivity contribution in [1.82, 2.24) is 8.96 Å². The number of alkyl halides is 1. The first-order chi connectivity index (χ1) is 18.1. The van der Waals surface area contributed by atoms with E-state index in [1.807, 2.05) is 0 Å². The van der Waals surface area contributed by atoms with Crippen molar-refractivity contribution in [3.05, 3.63) is 71.6 Å². The zero-order valence-electron chi connectivity index (χ0n) is 20.4. The Morgan fingerprint density at radius 2 is 1.66 bits per heavy atom. The number of anilines is 2. The molecule has 0 aliphatic carbocycles. The molecule has 13 heteroatoms. The number of halogens is 3. The minimum atomic E-state index is -4.07. The molecule has 0 saturated heterocycles. The third-order valence-corrected chi connectivity index (χ3v) is 8.36. The number of urea groups is 1. The highest BCUT2D eigenvalue weighted by atomic mass is 35.5. The molecule has 2 amide bonds. The van der Waals surface area contributed by atoms with Crippen molar-refractivity contribution in [2.45, 2.75) is 17.3 Å². The van der Waals surface area contributed by atoms with Crippen LogP contribution in [0, 0.1) is 11.6 Å². The molecule has 0 saturated carbocycles. The third-order valence-electron chi connectivity index (χ3n) is 6.33. The van der Waals surface area contributed by atoms with Crippen molar-refractivity contribution in [1.29, 1.82) is 0 Å². The van der Waals surface area contributed by atoms with E-state index in [9.17, 15) is 13.2 Å². The van der Waals surface area contributed by atoms with Crippen molar-refractivity contribution in [2.75, 3.05) is 31.1 Å². The number of hydrogen-bond donors (Lipinski definition) is 0. The number of carbonyl (C=O) groups is 1. The average molecular weight is 563 g/mol. The summed E-state index contributed by atoms with van der Waals surface area (Å²) in [4.78, 5) is 20.0. The number of benzene rings is 2. The molecule has 0 spiro atoms. The van der Waals surface area contributed by atoms with Crippen LogP contribution in [0.2, 0.25) is 0 Å². The molecule has 2 aromatic carbocycles. The fourth-order valence-corrected chi connectivity index (χ4v) is 6.35. The van der Waals surface area contributed by atoms with Gasteiger partial charge in [0.25, 0.3) is 10.0 Å². The highest BCUT2D eigenvalue weighted by Gasteiger charge is 2.37. The molecule has 0 fully saturated rings. The van der Waals surface area contributed by atoms with Crippen LogP contribution in [0.4, 0.5) is 25.0 Å². The lowest BCUT2D eigenvalue weighted by atomic mass is 10.1. The molecule has 4 aromatic rings. The van der Waals surface area contributed by atoms with Crippen LogP contribution in [-0.4, -0.2) is 44.7 Å². The molecule has 2 aromatic heterocycles. The lowest BCUT2D eigenvalue weighted by Crippen LogP contribution is -2.46. The Morgan fingerprint density at radius 1 is 1.03 bits per heavy atom. The van der Waals surface area contributed by atoms with Crippen molar-refractivity contribution >= 4 is 50.1 Å². The van der Waals surface area contributed by atoms with Crippen LogP contribution >= 0.6 is 11.6 Å². The molecular weight excluding hydrogens is 542 g/mol. The van der Waals surface area contributed by atoms with Gasteiger partial charge in [-0.25, -0.2) is 30.9 Å². The third kappa shape index (κ3) is 3.74. The summed E-state index contributed by atoms with van der Waals surface area (Å²) in [6.07, 6.45) is 1.37. The second-order valence-corrected chi connectivity index (χ2v) is 10.5. The highest BCUT2D eigenvalue weighted by Crippen LogP contribution is 2.42. The van der Waals surface area contributed by atoms with Crippen molar-refractivity contribution in [3.8, 4) is 11.5 Å². The predicted molar refractivity (Wildman–Crippen MR) is 138 cm³/mol. The number of ether oxygens (including phenoxy) is 2. The number of carbonyl (C=O) groups excluding carboxylic acids is 1. The van der Waals surface area contributed by atoms with Gasteiger partial charge in [0, 0.05) is 30.3 Å². The van der Waals surface area contributed by atoms with Crippen molar-refractivity contribution in [3.63, 3.8) is 0 Å². The van der Waals surface area contributed by atoms with Crippen molar-refractivity contribution < 1.29 is 31.5 Å². The highest BCUT2D eigenvalue weighted by molar-refractivity contribution is 7.90. The second kappa shape index (κ2) is 9.44. The van der Waals surface area contributed by atoms with E-state index in [0.717, 1.165) is 14.9 Å². The van der Waals surface area contributed by atoms with Crippen LogP contribution in [0.25, 0.3) is 11.0 Å². The van der Waals surface area contributed by atoms with E-state index in [1.54, 1.807) is 24.3 Å². The van der Waals surface area contributed by atoms with E-state index in [0.29, 0.717) is 16.6 Å². The summed E-state index contributed by atoms with van der Waals surface area (Å²) in [5, 5.41) is 0.345. The first kappa shape index (κ1) is 25.7. The molecule has 9 nitrogen and oxygen atoms in total. The van der Waals surface area contributed by atoms with Gasteiger partial charge >= 0.3 is 6.03 Å². The summed E-state index contributed by atoms with van der Waals surface area (Å²) >= 11 is 6.13. The number of amides is 2. The Morgan fingerprint density at radius 3 is 2.24 bits per heavy atom. The fourth-order valence-electron chi connectivity index (χ4n) is 4.57. The number of methoxy groups -OCH3 is 2. The van der Waals surface area contributed by atoms with Gasteiger partial charge < -0.3 is 9.47 Å². The lowest BCUT2D eigenvalue weighted by Gasteiger charge is -2.35. The van der Waals surface area contributed by atoms with Crippen LogP contribution in [0.1, 0.15) is 11.3 Å². The molecule has 198 valence electrons. The van der Waals surface area contributed by atoms with Gasteiger partial charge in [0.2, 0.25) is 0 Å². The maximum atomic E-state index is 15.2. The molecule has 1 aliphatic heterocycles. The van der Waals surface area contributed by atoms with E-state index in [4.69, 9.17) is 21.1 Å². The van der Waals surface area contributed by atoms with E-state index in [1.165, 1.54) is 44.5 Å². The maximum Gasteiger partial charge on any atom is 0.329 e. The summed E-state index contributed by atoms with van der Waals surface area (Å²) < 4.78 is 68.5. The molecule has 0 N–H and O–H groups in total. The number of nitrogens with zero attached hydrogens (tertiary/aromatic N) is 4. The van der Waals surface area contributed by atoms with E-state index in [-0.39, 0.29) is 40.2 Å². The second-order valence-electron chi connectivity index (χ2n) is 8.41. The van der Waals surface area contributed by atoms with Crippen LogP contribution in [0.3, 0.4) is 0 Å². The smallest absolute Gasteiger partial charge is 0.329 e. The molecule has 0 atom stereocenters. The summed E-state index contributed by atoms with van der Waals surface area (Å²) in [5.74, 6) is -2.91. The number of aromatic nitrogens is 2. The number of rotatable bonds is 6. The van der Waals surface area contributed by atoms with E-state index < -0.39 is 33.4 Å². The molecule has 38 heavy (non-hydrogen) atoms. The van der Waals surface area contributed by atoms with Gasteiger partial charge in [-0.3, -0.25) is 9.80 Å². The van der Waals surface area contributed by atoms with Crippen LogP contribution in [0.15, 0.2) is 53.6 Å². The van der Waals surface area contributed by atoms with Crippen LogP contribution in [0.5, 0.6) is 11.5 Å². The number of hydrogen-bond acceptors (Lipinski definition) is 6. The quantitative estimate of drug-likeness (QED) is 0.311. The van der Waals surface area contributed by atoms with Crippen LogP contribution in [-0.2, 0) is 22.4 Å². The summed E-state index contributed by atoms with van der Waals surface area (Å²) in [7, 11) is -0.233. The first-order valence-electron chi connectivity index (χ1n) is 11.2. The zero-order chi connectivity index (χ0) is 27.4. The molecule has 0 bridgehead atoms. The Labute approximate surface area is 221 Å². The number of fused-ring (bicyclic) bond motifs is 3. The van der Waals surface area contributed by atoms with Gasteiger partial charge in [-0.1, -0.05) is 18.2 Å². The lowest BCUT2D eigenvalue weighted by molar-refractivity contribution is 0.250. The molecule has 5 rings (SSSR count). The SMILES string of the molecule is COc1cc(OC)c(F)c(N2Cc3cnc4c(cc(CCl)n4S(=O)(=O)c4ccccc4)c3N(C)C2=O)c1F. The van der Waals surface area contributed by atoms with Gasteiger partial charge in [0.15, 0.2) is 28.8 Å². The fraction of sp³-hybridized carbons (Fsp3) is 0.200. The molecule has 0 unspecified atom stereocenters. The summed E-state index contributed by atoms with van der Waals surface area (Å²) in [6.45, 7) is -0.252. The summed E-state index contributed by atoms with van der Waals surface area (Å²) in [5.41, 5.74) is 0.437. The summed E-state index contributed by atoms with van der Waals surface area (Å²) in [6, 6.07) is 9.64. The van der Waals surface area contributed by atoms with Gasteiger partial charge in [-0.15, -0.1) is 11.6 Å². The maximum absolute atomic E-state index is 15.2. The van der Waals surface area contributed by atoms with Gasteiger partial charge in [-0.05, 0) is 18.2 Å². The Bertz CT molecular complexity index is 1670. The topological polar surface area (TPSA) is 94.0 Å². The monoisotopic (exact) mass is 562 g/mol. The number of pyridine rings is 1. The van der Waals surface area contributed by atoms with Crippen LogP contribution < -0.4 is 19.3 Å². The Kier molecular flexibility index (Phi) is 6.40. The molecule has 3 heterocycles. The largest absolute Gasteiger partial charge is 0.493 e. The first-order valence-corrected chi connectivity index (χ1v) is 13.2. The molecule has 0 radical (unpaired) electrons. The standard InChI is InChI=1S/C25H21ClF2N4O5S/c1-30-22-14(13-31(25(30)33)23-20(27)18(36-2)10-19(37-3)21(23)28)12-29-24-17(22)9-15(11-26)32(24)38(34,35)16-7-5-4-6-8-16/h4-10,12H,11,13H2,1-3H3. The molecular formula is C25H21ClF2N4O5S. The normalized spacial score (nSPS) is 13.7. The van der Waals surface area contributed by atoms with Gasteiger partial charge in [0.05, 0.1) is 42.9 Å². The zero-order valence-corrected chi connectivity index (χ0v) is 22.0. The van der Waals surface area contributed by atoms with Gasteiger partial charge in [-0.2, -0.15) is 0 Å². The Balaban J connectivity index is 1.70. The minimum absolute atomic E-state index is 0.0388. The van der Waals surface area contributed by atoms with Gasteiger partial charge in [0.1, 0.15) is 5.69 Å². The van der Waals surface area contributed by atoms with Crippen molar-refractivity contribution in [2.24, 2.45) is 0 Å². The average Bonchev–Trinajstić information content (AvgIpc) is 3.31. The predicted octanol–water partition coefficient (Wildman–Crippen LogP) is 4.88. The minimum Gasteiger partial charge on any atom is -0.493 e. The molecule has 1 aliphatic rings. The van der Waals surface area contributed by atoms with E-state index >= 15 is 8.78 Å². The Hall–Kier alpha value is -3.90.